The average molecular weight is 522 g/mol. The summed E-state index contributed by atoms with van der Waals surface area (Å²) in [6.07, 6.45) is 6.88. The summed E-state index contributed by atoms with van der Waals surface area (Å²) >= 11 is 4.32. The van der Waals surface area contributed by atoms with Crippen molar-refractivity contribution in [3.05, 3.63) is 29.8 Å². The van der Waals surface area contributed by atoms with E-state index in [4.69, 9.17) is 4.74 Å². The number of benzene rings is 1. The van der Waals surface area contributed by atoms with E-state index in [1.54, 1.807) is 32.9 Å². The molecular weight excluding hydrogens is 478 g/mol. The smallest absolute Gasteiger partial charge is 0.408 e. The number of aromatic hydroxyl groups is 1. The zero-order chi connectivity index (χ0) is 26.7. The van der Waals surface area contributed by atoms with Gasteiger partial charge in [-0.2, -0.15) is 12.6 Å². The number of phenols is 1. The van der Waals surface area contributed by atoms with Gasteiger partial charge in [-0.25, -0.2) is 4.79 Å². The van der Waals surface area contributed by atoms with Gasteiger partial charge in [-0.3, -0.25) is 9.59 Å². The first-order valence-electron chi connectivity index (χ1n) is 13.1. The summed E-state index contributed by atoms with van der Waals surface area (Å²) < 4.78 is 5.34. The molecule has 2 rings (SSSR count). The van der Waals surface area contributed by atoms with Crippen LogP contribution in [0.3, 0.4) is 0 Å². The largest absolute Gasteiger partial charge is 0.508 e. The molecule has 1 saturated carbocycles. The van der Waals surface area contributed by atoms with E-state index < -0.39 is 29.7 Å². The van der Waals surface area contributed by atoms with Crippen LogP contribution in [-0.2, 0) is 14.3 Å². The van der Waals surface area contributed by atoms with Crippen LogP contribution in [0.15, 0.2) is 24.3 Å². The number of ether oxygens (including phenoxy) is 1. The summed E-state index contributed by atoms with van der Waals surface area (Å²) in [4.78, 5) is 41.5. The first-order chi connectivity index (χ1) is 17.1. The van der Waals surface area contributed by atoms with Gasteiger partial charge in [0.1, 0.15) is 23.4 Å². The number of carbonyl (C=O) groups excluding carboxylic acids is 3. The van der Waals surface area contributed by atoms with Crippen LogP contribution in [0.1, 0.15) is 90.7 Å². The van der Waals surface area contributed by atoms with Gasteiger partial charge in [-0.05, 0) is 57.7 Å². The Morgan fingerprint density at radius 3 is 2.44 bits per heavy atom. The molecule has 1 aliphatic carbocycles. The van der Waals surface area contributed by atoms with Gasteiger partial charge in [0.25, 0.3) is 0 Å². The number of rotatable bonds is 11. The summed E-state index contributed by atoms with van der Waals surface area (Å²) in [5.41, 5.74) is -0.206. The number of nitrogens with zero attached hydrogens (tertiary/aromatic N) is 1. The molecule has 0 heterocycles. The quantitative estimate of drug-likeness (QED) is 0.249. The molecule has 0 aliphatic heterocycles. The maximum Gasteiger partial charge on any atom is 0.408 e. The Labute approximate surface area is 220 Å². The Hall–Kier alpha value is -2.42. The van der Waals surface area contributed by atoms with E-state index in [1.807, 2.05) is 0 Å². The molecule has 1 aromatic carbocycles. The molecule has 0 bridgehead atoms. The van der Waals surface area contributed by atoms with Crippen molar-refractivity contribution in [2.45, 2.75) is 103 Å². The van der Waals surface area contributed by atoms with Crippen LogP contribution in [-0.4, -0.2) is 57.9 Å². The molecule has 0 aromatic heterocycles. The molecule has 9 heteroatoms. The molecule has 1 aliphatic rings. The minimum atomic E-state index is -0.980. The molecule has 202 valence electrons. The number of hydrogen-bond acceptors (Lipinski definition) is 6. The standard InChI is InChI=1S/C27H43N3O5S/c1-5-6-10-16-30(25(33)22(18-36)29-26(34)35-27(2,3)4)23(19-12-11-15-21(31)17-19)24(32)28-20-13-8-7-9-14-20/h11-12,15,17,20,22-23,31,36H,5-10,13-14,16,18H2,1-4H3,(H,28,32)(H,29,34). The lowest BCUT2D eigenvalue weighted by atomic mass is 9.94. The number of amides is 3. The number of unbranched alkanes of at least 4 members (excludes halogenated alkanes) is 2. The monoisotopic (exact) mass is 521 g/mol. The number of alkyl carbamates (subject to hydrolysis) is 1. The van der Waals surface area contributed by atoms with Crippen molar-refractivity contribution in [3.63, 3.8) is 0 Å². The van der Waals surface area contributed by atoms with E-state index in [0.717, 1.165) is 44.9 Å². The lowest BCUT2D eigenvalue weighted by Gasteiger charge is -2.35. The highest BCUT2D eigenvalue weighted by Gasteiger charge is 2.36. The van der Waals surface area contributed by atoms with Gasteiger partial charge in [0.05, 0.1) is 0 Å². The summed E-state index contributed by atoms with van der Waals surface area (Å²) in [5, 5.41) is 15.9. The van der Waals surface area contributed by atoms with E-state index >= 15 is 0 Å². The predicted octanol–water partition coefficient (Wildman–Crippen LogP) is 4.72. The van der Waals surface area contributed by atoms with Crippen LogP contribution < -0.4 is 10.6 Å². The van der Waals surface area contributed by atoms with Crippen molar-refractivity contribution >= 4 is 30.5 Å². The average Bonchev–Trinajstić information content (AvgIpc) is 2.81. The first-order valence-corrected chi connectivity index (χ1v) is 13.7. The topological polar surface area (TPSA) is 108 Å². The predicted molar refractivity (Wildman–Crippen MR) is 144 cm³/mol. The second-order valence-electron chi connectivity index (χ2n) is 10.5. The Morgan fingerprint density at radius 1 is 1.17 bits per heavy atom. The maximum absolute atomic E-state index is 13.8. The molecule has 36 heavy (non-hydrogen) atoms. The molecule has 0 spiro atoms. The van der Waals surface area contributed by atoms with Crippen molar-refractivity contribution < 1.29 is 24.2 Å². The fourth-order valence-electron chi connectivity index (χ4n) is 4.43. The summed E-state index contributed by atoms with van der Waals surface area (Å²) in [5.74, 6) is -0.646. The molecule has 8 nitrogen and oxygen atoms in total. The summed E-state index contributed by atoms with van der Waals surface area (Å²) in [6.45, 7) is 7.62. The number of phenolic OH excluding ortho intramolecular Hbond substituents is 1. The third-order valence-electron chi connectivity index (χ3n) is 6.15. The van der Waals surface area contributed by atoms with Gasteiger partial charge in [0.15, 0.2) is 0 Å². The van der Waals surface area contributed by atoms with Gasteiger partial charge in [0, 0.05) is 18.3 Å². The highest BCUT2D eigenvalue weighted by molar-refractivity contribution is 7.80. The van der Waals surface area contributed by atoms with Crippen molar-refractivity contribution in [3.8, 4) is 5.75 Å². The molecule has 2 atom stereocenters. The molecule has 2 unspecified atom stereocenters. The van der Waals surface area contributed by atoms with Gasteiger partial charge >= 0.3 is 6.09 Å². The minimum Gasteiger partial charge on any atom is -0.508 e. The van der Waals surface area contributed by atoms with E-state index in [-0.39, 0.29) is 23.5 Å². The van der Waals surface area contributed by atoms with Crippen LogP contribution in [0.5, 0.6) is 5.75 Å². The molecule has 1 aromatic rings. The van der Waals surface area contributed by atoms with Gasteiger partial charge in [-0.1, -0.05) is 51.2 Å². The Morgan fingerprint density at radius 2 is 1.86 bits per heavy atom. The zero-order valence-corrected chi connectivity index (χ0v) is 23.0. The Bertz CT molecular complexity index is 867. The number of hydrogen-bond donors (Lipinski definition) is 4. The van der Waals surface area contributed by atoms with Crippen LogP contribution >= 0.6 is 12.6 Å². The van der Waals surface area contributed by atoms with Gasteiger partial charge in [-0.15, -0.1) is 0 Å². The lowest BCUT2D eigenvalue weighted by Crippen LogP contribution is -2.54. The van der Waals surface area contributed by atoms with Crippen LogP contribution in [0, 0.1) is 0 Å². The summed E-state index contributed by atoms with van der Waals surface area (Å²) in [6, 6.07) is 4.57. The number of nitrogens with one attached hydrogen (secondary N) is 2. The third-order valence-corrected chi connectivity index (χ3v) is 6.52. The van der Waals surface area contributed by atoms with Crippen molar-refractivity contribution in [1.82, 2.24) is 15.5 Å². The molecule has 0 radical (unpaired) electrons. The molecule has 3 amide bonds. The Kier molecular flexibility index (Phi) is 11.9. The normalized spacial score (nSPS) is 16.0. The van der Waals surface area contributed by atoms with Crippen molar-refractivity contribution in [2.24, 2.45) is 0 Å². The van der Waals surface area contributed by atoms with Gasteiger partial charge < -0.3 is 25.4 Å². The van der Waals surface area contributed by atoms with Crippen molar-refractivity contribution in [2.75, 3.05) is 12.3 Å². The fourth-order valence-corrected chi connectivity index (χ4v) is 4.68. The maximum atomic E-state index is 13.8. The van der Waals surface area contributed by atoms with E-state index in [9.17, 15) is 19.5 Å². The second kappa shape index (κ2) is 14.4. The lowest BCUT2D eigenvalue weighted by molar-refractivity contribution is -0.142. The summed E-state index contributed by atoms with van der Waals surface area (Å²) in [7, 11) is 0. The Balaban J connectivity index is 2.39. The first kappa shape index (κ1) is 29.8. The van der Waals surface area contributed by atoms with Crippen molar-refractivity contribution in [1.29, 1.82) is 0 Å². The highest BCUT2D eigenvalue weighted by atomic mass is 32.1. The highest BCUT2D eigenvalue weighted by Crippen LogP contribution is 2.27. The zero-order valence-electron chi connectivity index (χ0n) is 22.1. The molecule has 3 N–H and O–H groups in total. The van der Waals surface area contributed by atoms with E-state index in [0.29, 0.717) is 18.5 Å². The number of carbonyl (C=O) groups is 3. The van der Waals surface area contributed by atoms with Crippen LogP contribution in [0.4, 0.5) is 4.79 Å². The van der Waals surface area contributed by atoms with Crippen LogP contribution in [0.25, 0.3) is 0 Å². The van der Waals surface area contributed by atoms with Crippen LogP contribution in [0.2, 0.25) is 0 Å². The second-order valence-corrected chi connectivity index (χ2v) is 10.8. The SMILES string of the molecule is CCCCCN(C(=O)C(CS)NC(=O)OC(C)(C)C)C(C(=O)NC1CCCCC1)c1cccc(O)c1. The van der Waals surface area contributed by atoms with Gasteiger partial charge in [0.2, 0.25) is 11.8 Å². The molecule has 1 fully saturated rings. The minimum absolute atomic E-state index is 0.0153. The molecule has 0 saturated heterocycles. The fraction of sp³-hybridized carbons (Fsp3) is 0.667. The number of thiol groups is 1. The molecular formula is C27H43N3O5S. The van der Waals surface area contributed by atoms with E-state index in [1.165, 1.54) is 17.0 Å². The third kappa shape index (κ3) is 9.56. The van der Waals surface area contributed by atoms with E-state index in [2.05, 4.69) is 30.2 Å².